The van der Waals surface area contributed by atoms with Crippen molar-refractivity contribution in [1.29, 1.82) is 0 Å². The maximum atomic E-state index is 14.6. The van der Waals surface area contributed by atoms with E-state index in [1.165, 1.54) is 18.0 Å². The van der Waals surface area contributed by atoms with E-state index in [1.54, 1.807) is 6.92 Å². The van der Waals surface area contributed by atoms with E-state index in [0.717, 1.165) is 29.8 Å². The molecule has 1 aliphatic carbocycles. The predicted molar refractivity (Wildman–Crippen MR) is 187 cm³/mol. The van der Waals surface area contributed by atoms with Gasteiger partial charge in [-0.25, -0.2) is 22.3 Å². The third kappa shape index (κ3) is 12.0. The molecule has 6 N–H and O–H groups in total. The summed E-state index contributed by atoms with van der Waals surface area (Å²) in [5.41, 5.74) is 3.99. The molecule has 0 aromatic carbocycles. The Morgan fingerprint density at radius 2 is 1.70 bits per heavy atom. The van der Waals surface area contributed by atoms with E-state index in [4.69, 9.17) is 10.5 Å². The summed E-state index contributed by atoms with van der Waals surface area (Å²) in [4.78, 5) is 80.5. The molecule has 17 heteroatoms. The Balaban J connectivity index is 2.45. The molecule has 1 saturated carbocycles. The van der Waals surface area contributed by atoms with Gasteiger partial charge in [0.1, 0.15) is 18.2 Å². The van der Waals surface area contributed by atoms with Crippen molar-refractivity contribution in [3.8, 4) is 0 Å². The van der Waals surface area contributed by atoms with Crippen molar-refractivity contribution in [2.75, 3.05) is 32.9 Å². The highest BCUT2D eigenvalue weighted by Crippen LogP contribution is 2.40. The first-order valence-corrected chi connectivity index (χ1v) is 19.0. The minimum absolute atomic E-state index is 0.0185. The molecule has 2 fully saturated rings. The zero-order chi connectivity index (χ0) is 38.0. The number of nitrogens with zero attached hydrogens (tertiary/aromatic N) is 2. The first kappa shape index (κ1) is 42.4. The second kappa shape index (κ2) is 18.0. The molecule has 6 amide bonds. The van der Waals surface area contributed by atoms with Crippen LogP contribution in [0, 0.1) is 10.8 Å². The lowest BCUT2D eigenvalue weighted by Gasteiger charge is -2.43. The van der Waals surface area contributed by atoms with Crippen LogP contribution in [-0.4, -0.2) is 116 Å². The lowest BCUT2D eigenvalue weighted by molar-refractivity contribution is -0.144. The van der Waals surface area contributed by atoms with Gasteiger partial charge in [-0.15, -0.1) is 6.58 Å². The zero-order valence-corrected chi connectivity index (χ0v) is 31.3. The highest BCUT2D eigenvalue weighted by molar-refractivity contribution is 7.88. The van der Waals surface area contributed by atoms with E-state index in [0.29, 0.717) is 19.3 Å². The van der Waals surface area contributed by atoms with Crippen molar-refractivity contribution in [1.82, 2.24) is 30.5 Å². The SMILES string of the molecule is C=CCNC(=O)C(=O)C(CCC)NC(=O)[C@@H]1C[C@@H](OC(N)=O)CN1C(=O)[C@@H](NC(=O)N[C@H](CN(C)S(C)(=O)=O)C(C)(C)C)C1(C)CCCCC1. The zero-order valence-electron chi connectivity index (χ0n) is 30.5. The van der Waals surface area contributed by atoms with Crippen LogP contribution in [0.1, 0.15) is 86.0 Å². The lowest BCUT2D eigenvalue weighted by atomic mass is 9.70. The molecule has 2 rings (SSSR count). The van der Waals surface area contributed by atoms with Crippen LogP contribution >= 0.6 is 0 Å². The summed E-state index contributed by atoms with van der Waals surface area (Å²) < 4.78 is 30.7. The van der Waals surface area contributed by atoms with Gasteiger partial charge in [0.2, 0.25) is 27.6 Å². The first-order chi connectivity index (χ1) is 23.1. The van der Waals surface area contributed by atoms with Gasteiger partial charge in [-0.3, -0.25) is 19.2 Å². The minimum atomic E-state index is -3.55. The Kier molecular flexibility index (Phi) is 15.2. The Morgan fingerprint density at radius 1 is 1.08 bits per heavy atom. The van der Waals surface area contributed by atoms with Crippen molar-refractivity contribution in [3.05, 3.63) is 12.7 Å². The summed E-state index contributed by atoms with van der Waals surface area (Å²) in [5.74, 6) is -3.08. The molecule has 50 heavy (non-hydrogen) atoms. The predicted octanol–water partition coefficient (Wildman–Crippen LogP) is 1.15. The number of likely N-dealkylation sites (tertiary alicyclic amines) is 1. The maximum Gasteiger partial charge on any atom is 0.404 e. The summed E-state index contributed by atoms with van der Waals surface area (Å²) in [6.45, 7) is 12.6. The van der Waals surface area contributed by atoms with E-state index in [1.807, 2.05) is 27.7 Å². The van der Waals surface area contributed by atoms with Gasteiger partial charge >= 0.3 is 12.1 Å². The van der Waals surface area contributed by atoms with Gasteiger partial charge in [0, 0.05) is 32.6 Å². The number of ketones is 1. The van der Waals surface area contributed by atoms with Crippen LogP contribution in [0.3, 0.4) is 0 Å². The monoisotopic (exact) mass is 727 g/mol. The van der Waals surface area contributed by atoms with E-state index < -0.39 is 86.8 Å². The highest BCUT2D eigenvalue weighted by atomic mass is 32.2. The number of primary amides is 1. The summed E-state index contributed by atoms with van der Waals surface area (Å²) in [6, 6.07) is -4.87. The fourth-order valence-electron chi connectivity index (χ4n) is 6.38. The molecule has 5 atom stereocenters. The molecule has 0 bridgehead atoms. The van der Waals surface area contributed by atoms with Crippen LogP contribution in [-0.2, 0) is 33.9 Å². The van der Waals surface area contributed by atoms with Crippen LogP contribution < -0.4 is 27.0 Å². The smallest absolute Gasteiger partial charge is 0.404 e. The van der Waals surface area contributed by atoms with Gasteiger partial charge in [-0.1, -0.05) is 66.4 Å². The largest absolute Gasteiger partial charge is 0.444 e. The average molecular weight is 728 g/mol. The molecule has 1 aliphatic heterocycles. The molecule has 0 aromatic heterocycles. The topological polar surface area (TPSA) is 226 Å². The summed E-state index contributed by atoms with van der Waals surface area (Å²) in [5, 5.41) is 10.8. The third-order valence-corrected chi connectivity index (χ3v) is 10.8. The number of Topliss-reactive ketones (excluding diaryl/α,β-unsaturated/α-hetero) is 1. The number of sulfonamides is 1. The van der Waals surface area contributed by atoms with Crippen LogP contribution in [0.25, 0.3) is 0 Å². The number of hydrogen-bond donors (Lipinski definition) is 5. The molecule has 0 aromatic rings. The van der Waals surface area contributed by atoms with E-state index in [9.17, 15) is 37.2 Å². The van der Waals surface area contributed by atoms with Gasteiger partial charge < -0.3 is 36.6 Å². The average Bonchev–Trinajstić information content (AvgIpc) is 3.43. The van der Waals surface area contributed by atoms with Crippen molar-refractivity contribution in [2.24, 2.45) is 16.6 Å². The van der Waals surface area contributed by atoms with Gasteiger partial charge in [-0.05, 0) is 30.1 Å². The number of amides is 6. The minimum Gasteiger partial charge on any atom is -0.444 e. The van der Waals surface area contributed by atoms with Crippen molar-refractivity contribution < 1.29 is 41.9 Å². The molecule has 2 aliphatic rings. The molecule has 1 unspecified atom stereocenters. The quantitative estimate of drug-likeness (QED) is 0.113. The van der Waals surface area contributed by atoms with Gasteiger partial charge in [0.05, 0.1) is 18.8 Å². The van der Waals surface area contributed by atoms with Gasteiger partial charge in [0.15, 0.2) is 0 Å². The molecule has 0 radical (unpaired) electrons. The molecule has 1 heterocycles. The number of rotatable bonds is 16. The van der Waals surface area contributed by atoms with Crippen LogP contribution in [0.15, 0.2) is 12.7 Å². The van der Waals surface area contributed by atoms with Gasteiger partial charge in [0.25, 0.3) is 5.91 Å². The second-order valence-corrected chi connectivity index (χ2v) is 16.8. The Labute approximate surface area is 296 Å². The number of nitrogens with two attached hydrogens (primary N) is 1. The van der Waals surface area contributed by atoms with Crippen molar-refractivity contribution >= 4 is 45.7 Å². The molecule has 16 nitrogen and oxygen atoms in total. The summed E-state index contributed by atoms with van der Waals surface area (Å²) in [6.07, 6.45) is 4.68. The lowest BCUT2D eigenvalue weighted by Crippen LogP contribution is -2.63. The Morgan fingerprint density at radius 3 is 2.22 bits per heavy atom. The van der Waals surface area contributed by atoms with E-state index in [2.05, 4.69) is 27.8 Å². The number of carbonyl (C=O) groups excluding carboxylic acids is 6. The number of hydrogen-bond acceptors (Lipinski definition) is 9. The summed E-state index contributed by atoms with van der Waals surface area (Å²) >= 11 is 0. The Hall–Kier alpha value is -3.73. The fraction of sp³-hybridized carbons (Fsp3) is 0.758. The van der Waals surface area contributed by atoms with E-state index in [-0.39, 0.29) is 32.5 Å². The number of nitrogens with one attached hydrogen (secondary N) is 4. The fourth-order valence-corrected chi connectivity index (χ4v) is 6.80. The molecular weight excluding hydrogens is 670 g/mol. The first-order valence-electron chi connectivity index (χ1n) is 17.1. The van der Waals surface area contributed by atoms with Crippen LogP contribution in [0.5, 0.6) is 0 Å². The Bertz CT molecular complexity index is 1380. The molecule has 284 valence electrons. The third-order valence-electron chi connectivity index (χ3n) is 9.54. The standard InChI is InChI=1S/C33H57N7O9S/c1-9-14-22(25(41)28(43)35-17-10-2)36-27(42)23-18-21(49-30(34)45)19-40(23)29(44)26(33(6)15-12-11-13-16-33)38-31(46)37-24(32(3,4)5)20-39(7)50(8,47)48/h10,21-24,26H,2,9,11-20H2,1,3-8H3,(H2,34,45)(H,35,43)(H,36,42)(H2,37,38,46)/t21-,22?,23+,24-,26-/m1/s1. The van der Waals surface area contributed by atoms with Crippen LogP contribution in [0.2, 0.25) is 0 Å². The van der Waals surface area contributed by atoms with Crippen molar-refractivity contribution in [3.63, 3.8) is 0 Å². The van der Waals surface area contributed by atoms with Crippen LogP contribution in [0.4, 0.5) is 9.59 Å². The highest BCUT2D eigenvalue weighted by Gasteiger charge is 2.49. The normalized spacial score (nSPS) is 20.9. The molecule has 0 spiro atoms. The molecular formula is C33H57N7O9S. The van der Waals surface area contributed by atoms with Crippen molar-refractivity contribution in [2.45, 2.75) is 116 Å². The maximum absolute atomic E-state index is 14.6. The number of carbonyl (C=O) groups is 6. The molecule has 1 saturated heterocycles. The van der Waals surface area contributed by atoms with E-state index >= 15 is 0 Å². The van der Waals surface area contributed by atoms with Gasteiger partial charge in [-0.2, -0.15) is 0 Å². The summed E-state index contributed by atoms with van der Waals surface area (Å²) in [7, 11) is -2.14. The number of likely N-dealkylation sites (N-methyl/N-ethyl adjacent to an activating group) is 1. The second-order valence-electron chi connectivity index (χ2n) is 14.7. The number of ether oxygens (including phenoxy) is 1. The number of urea groups is 1.